The van der Waals surface area contributed by atoms with Gasteiger partial charge in [-0.05, 0) is 69.3 Å². The monoisotopic (exact) mass is 351 g/mol. The van der Waals surface area contributed by atoms with Crippen LogP contribution in [0.3, 0.4) is 0 Å². The molecule has 0 aromatic carbocycles. The number of aromatic nitrogens is 6. The number of fused-ring (bicyclic) bond motifs is 2. The molecule has 0 radical (unpaired) electrons. The summed E-state index contributed by atoms with van der Waals surface area (Å²) in [6, 6.07) is 2.19. The molecule has 0 spiro atoms. The van der Waals surface area contributed by atoms with Crippen molar-refractivity contribution in [2.75, 3.05) is 19.6 Å². The van der Waals surface area contributed by atoms with Crippen molar-refractivity contribution < 1.29 is 0 Å². The predicted octanol–water partition coefficient (Wildman–Crippen LogP) is 2.00. The molecule has 136 valence electrons. The maximum absolute atomic E-state index is 4.85. The first-order valence-electron chi connectivity index (χ1n) is 9.72. The molecule has 7 nitrogen and oxygen atoms in total. The minimum atomic E-state index is 0.458. The quantitative estimate of drug-likeness (QED) is 0.719. The van der Waals surface area contributed by atoms with E-state index in [2.05, 4.69) is 39.4 Å². The van der Waals surface area contributed by atoms with Crippen LogP contribution in [0.1, 0.15) is 47.8 Å². The van der Waals surface area contributed by atoms with E-state index >= 15 is 0 Å². The largest absolute Gasteiger partial charge is 0.301 e. The lowest BCUT2D eigenvalue weighted by Crippen LogP contribution is -2.35. The maximum atomic E-state index is 4.85. The van der Waals surface area contributed by atoms with Crippen LogP contribution in [0.5, 0.6) is 0 Å². The van der Waals surface area contributed by atoms with Gasteiger partial charge in [0.2, 0.25) is 0 Å². The Labute approximate surface area is 153 Å². The molecule has 5 rings (SSSR count). The van der Waals surface area contributed by atoms with Gasteiger partial charge in [-0.3, -0.25) is 4.68 Å². The first-order valence-corrected chi connectivity index (χ1v) is 9.72. The van der Waals surface area contributed by atoms with Gasteiger partial charge < -0.3 is 4.90 Å². The molecule has 0 bridgehead atoms. The number of likely N-dealkylation sites (tertiary alicyclic amines) is 1. The van der Waals surface area contributed by atoms with E-state index in [4.69, 9.17) is 5.10 Å². The molecular weight excluding hydrogens is 326 g/mol. The van der Waals surface area contributed by atoms with E-state index in [-0.39, 0.29) is 0 Å². The van der Waals surface area contributed by atoms with E-state index < -0.39 is 0 Å². The first-order chi connectivity index (χ1) is 12.8. The highest BCUT2D eigenvalue weighted by Gasteiger charge is 2.26. The fourth-order valence-corrected chi connectivity index (χ4v) is 4.30. The predicted molar refractivity (Wildman–Crippen MR) is 98.2 cm³/mol. The number of hydrogen-bond donors (Lipinski definition) is 0. The Balaban J connectivity index is 1.25. The third-order valence-electron chi connectivity index (χ3n) is 5.80. The molecule has 0 N–H and O–H groups in total. The van der Waals surface area contributed by atoms with Crippen molar-refractivity contribution in [2.24, 2.45) is 0 Å². The minimum absolute atomic E-state index is 0.458. The van der Waals surface area contributed by atoms with Gasteiger partial charge in [-0.1, -0.05) is 0 Å². The molecular formula is C19H25N7. The topological polar surface area (TPSA) is 64.1 Å². The van der Waals surface area contributed by atoms with Crippen LogP contribution in [-0.4, -0.2) is 54.1 Å². The fraction of sp³-hybridized carbons (Fsp3) is 0.579. The van der Waals surface area contributed by atoms with Crippen LogP contribution in [0.15, 0.2) is 18.5 Å². The van der Waals surface area contributed by atoms with Gasteiger partial charge >= 0.3 is 0 Å². The Morgan fingerprint density at radius 2 is 2.00 bits per heavy atom. The van der Waals surface area contributed by atoms with Crippen molar-refractivity contribution in [1.29, 1.82) is 0 Å². The van der Waals surface area contributed by atoms with Crippen LogP contribution in [0.2, 0.25) is 0 Å². The Morgan fingerprint density at radius 3 is 2.81 bits per heavy atom. The number of nitrogens with zero attached hydrogens (tertiary/aromatic N) is 7. The third kappa shape index (κ3) is 2.90. The van der Waals surface area contributed by atoms with Crippen molar-refractivity contribution in [3.05, 3.63) is 41.1 Å². The molecule has 0 atom stereocenters. The summed E-state index contributed by atoms with van der Waals surface area (Å²) in [5.41, 5.74) is 4.74. The molecule has 1 aliphatic carbocycles. The maximum Gasteiger partial charge on any atom is 0.178 e. The fourth-order valence-electron chi connectivity index (χ4n) is 4.30. The Morgan fingerprint density at radius 1 is 1.12 bits per heavy atom. The van der Waals surface area contributed by atoms with Crippen molar-refractivity contribution in [1.82, 2.24) is 34.5 Å². The zero-order chi connectivity index (χ0) is 17.5. The Bertz CT molecular complexity index is 917. The van der Waals surface area contributed by atoms with E-state index in [1.54, 1.807) is 0 Å². The van der Waals surface area contributed by atoms with Gasteiger partial charge in [0.1, 0.15) is 0 Å². The summed E-state index contributed by atoms with van der Waals surface area (Å²) in [6.07, 6.45) is 9.72. The highest BCUT2D eigenvalue weighted by atomic mass is 15.4. The molecule has 0 amide bonds. The summed E-state index contributed by atoms with van der Waals surface area (Å²) in [7, 11) is 0. The lowest BCUT2D eigenvalue weighted by Gasteiger charge is -2.30. The molecule has 0 unspecified atom stereocenters. The molecule has 3 aromatic heterocycles. The van der Waals surface area contributed by atoms with Crippen LogP contribution in [-0.2, 0) is 19.4 Å². The van der Waals surface area contributed by atoms with E-state index in [0.717, 1.165) is 63.3 Å². The second-order valence-electron chi connectivity index (χ2n) is 7.69. The normalized spacial score (nSPS) is 18.7. The second kappa shape index (κ2) is 6.46. The Hall–Kier alpha value is -2.28. The molecule has 2 aliphatic rings. The standard InChI is InChI=1S/C19H25N7/c1-14-12-20-25(13-14)10-9-24-7-5-15(6-8-24)19-22-21-18-11-16-3-2-4-17(16)23-26(18)19/h11-13,15H,2-10H2,1H3. The molecule has 1 fully saturated rings. The van der Waals surface area contributed by atoms with E-state index in [1.807, 2.05) is 15.4 Å². The van der Waals surface area contributed by atoms with E-state index in [9.17, 15) is 0 Å². The number of hydrogen-bond acceptors (Lipinski definition) is 5. The lowest BCUT2D eigenvalue weighted by molar-refractivity contribution is 0.199. The van der Waals surface area contributed by atoms with Crippen LogP contribution in [0, 0.1) is 6.92 Å². The molecule has 3 aromatic rings. The SMILES string of the molecule is Cc1cnn(CCN2CCC(c3nnc4cc5c(nn34)CCC5)CC2)c1. The van der Waals surface area contributed by atoms with Gasteiger partial charge in [-0.25, -0.2) is 0 Å². The molecule has 1 saturated heterocycles. The first kappa shape index (κ1) is 15.9. The summed E-state index contributed by atoms with van der Waals surface area (Å²) in [6.45, 7) is 6.30. The van der Waals surface area contributed by atoms with Crippen molar-refractivity contribution >= 4 is 5.65 Å². The highest BCUT2D eigenvalue weighted by Crippen LogP contribution is 2.28. The summed E-state index contributed by atoms with van der Waals surface area (Å²) < 4.78 is 4.05. The Kier molecular flexibility index (Phi) is 3.96. The number of aryl methyl sites for hydroxylation is 3. The van der Waals surface area contributed by atoms with Crippen molar-refractivity contribution in [3.63, 3.8) is 0 Å². The highest BCUT2D eigenvalue weighted by molar-refractivity contribution is 5.43. The zero-order valence-corrected chi connectivity index (χ0v) is 15.3. The average Bonchev–Trinajstić information content (AvgIpc) is 3.38. The summed E-state index contributed by atoms with van der Waals surface area (Å²) >= 11 is 0. The lowest BCUT2D eigenvalue weighted by atomic mass is 9.96. The molecule has 7 heteroatoms. The minimum Gasteiger partial charge on any atom is -0.301 e. The van der Waals surface area contributed by atoms with Gasteiger partial charge in [0.15, 0.2) is 11.5 Å². The van der Waals surface area contributed by atoms with E-state index in [1.165, 1.54) is 23.2 Å². The van der Waals surface area contributed by atoms with Crippen LogP contribution in [0.4, 0.5) is 0 Å². The van der Waals surface area contributed by atoms with Crippen LogP contribution < -0.4 is 0 Å². The summed E-state index contributed by atoms with van der Waals surface area (Å²) in [5, 5.41) is 18.1. The average molecular weight is 351 g/mol. The zero-order valence-electron chi connectivity index (χ0n) is 15.3. The molecule has 4 heterocycles. The molecule has 26 heavy (non-hydrogen) atoms. The van der Waals surface area contributed by atoms with Gasteiger partial charge in [0.05, 0.1) is 18.4 Å². The van der Waals surface area contributed by atoms with Gasteiger partial charge in [-0.2, -0.15) is 14.7 Å². The number of piperidine rings is 1. The number of rotatable bonds is 4. The van der Waals surface area contributed by atoms with E-state index in [0.29, 0.717) is 5.92 Å². The van der Waals surface area contributed by atoms with Crippen LogP contribution >= 0.6 is 0 Å². The molecule has 1 aliphatic heterocycles. The third-order valence-corrected chi connectivity index (χ3v) is 5.80. The van der Waals surface area contributed by atoms with Gasteiger partial charge in [0.25, 0.3) is 0 Å². The van der Waals surface area contributed by atoms with Gasteiger partial charge in [-0.15, -0.1) is 10.2 Å². The summed E-state index contributed by atoms with van der Waals surface area (Å²) in [4.78, 5) is 2.53. The smallest absolute Gasteiger partial charge is 0.178 e. The second-order valence-corrected chi connectivity index (χ2v) is 7.69. The van der Waals surface area contributed by atoms with Crippen molar-refractivity contribution in [3.8, 4) is 0 Å². The van der Waals surface area contributed by atoms with Crippen molar-refractivity contribution in [2.45, 2.75) is 51.5 Å². The van der Waals surface area contributed by atoms with Gasteiger partial charge in [0, 0.05) is 18.7 Å². The molecule has 0 saturated carbocycles. The van der Waals surface area contributed by atoms with Crippen LogP contribution in [0.25, 0.3) is 5.65 Å². The summed E-state index contributed by atoms with van der Waals surface area (Å²) in [5.74, 6) is 1.51.